The van der Waals surface area contributed by atoms with Gasteiger partial charge in [-0.25, -0.2) is 4.98 Å². The number of pyridine rings is 1. The number of rotatable bonds is 1. The molecular formula is C10H10N2O. The zero-order chi connectivity index (χ0) is 9.42. The van der Waals surface area contributed by atoms with E-state index in [4.69, 9.17) is 0 Å². The van der Waals surface area contributed by atoms with Crippen molar-refractivity contribution in [1.29, 1.82) is 0 Å². The van der Waals surface area contributed by atoms with Crippen LogP contribution in [0.1, 0.15) is 23.1 Å². The van der Waals surface area contributed by atoms with Crippen molar-refractivity contribution in [3.05, 3.63) is 35.9 Å². The molecule has 2 rings (SSSR count). The largest absolute Gasteiger partial charge is 0.304 e. The topological polar surface area (TPSA) is 34.4 Å². The van der Waals surface area contributed by atoms with Gasteiger partial charge in [0.2, 0.25) is 0 Å². The van der Waals surface area contributed by atoms with E-state index >= 15 is 0 Å². The van der Waals surface area contributed by atoms with Crippen molar-refractivity contribution >= 4 is 11.3 Å². The van der Waals surface area contributed by atoms with Crippen LogP contribution in [-0.2, 0) is 0 Å². The van der Waals surface area contributed by atoms with Gasteiger partial charge in [-0.05, 0) is 26.0 Å². The molecule has 0 aliphatic carbocycles. The highest BCUT2D eigenvalue weighted by atomic mass is 16.1. The molecule has 0 saturated heterocycles. The van der Waals surface area contributed by atoms with Crippen LogP contribution in [-0.4, -0.2) is 15.2 Å². The predicted octanol–water partition coefficient (Wildman–Crippen LogP) is 1.85. The number of hydrogen-bond acceptors (Lipinski definition) is 2. The van der Waals surface area contributed by atoms with E-state index in [0.29, 0.717) is 0 Å². The molecule has 2 aromatic heterocycles. The first-order chi connectivity index (χ1) is 6.18. The van der Waals surface area contributed by atoms with Gasteiger partial charge in [0.05, 0.1) is 11.7 Å². The number of aryl methyl sites for hydroxylation is 1. The third-order valence-electron chi connectivity index (χ3n) is 2.12. The van der Waals surface area contributed by atoms with Crippen molar-refractivity contribution in [2.75, 3.05) is 0 Å². The van der Waals surface area contributed by atoms with E-state index in [2.05, 4.69) is 4.98 Å². The van der Waals surface area contributed by atoms with Gasteiger partial charge in [0.15, 0.2) is 5.78 Å². The fraction of sp³-hybridized carbons (Fsp3) is 0.200. The number of hydrogen-bond donors (Lipinski definition) is 0. The smallest absolute Gasteiger partial charge is 0.159 e. The lowest BCUT2D eigenvalue weighted by molar-refractivity contribution is 0.101. The molecule has 66 valence electrons. The van der Waals surface area contributed by atoms with Crippen molar-refractivity contribution in [3.63, 3.8) is 0 Å². The minimum Gasteiger partial charge on any atom is -0.304 e. The first-order valence-electron chi connectivity index (χ1n) is 4.13. The van der Waals surface area contributed by atoms with Gasteiger partial charge < -0.3 is 4.40 Å². The summed E-state index contributed by atoms with van der Waals surface area (Å²) in [5, 5.41) is 0. The lowest BCUT2D eigenvalue weighted by Crippen LogP contribution is -1.94. The molecule has 3 nitrogen and oxygen atoms in total. The highest BCUT2D eigenvalue weighted by Gasteiger charge is 2.02. The average molecular weight is 174 g/mol. The van der Waals surface area contributed by atoms with Gasteiger partial charge in [0.25, 0.3) is 0 Å². The van der Waals surface area contributed by atoms with Crippen molar-refractivity contribution in [2.24, 2.45) is 0 Å². The number of fused-ring (bicyclic) bond motifs is 1. The lowest BCUT2D eigenvalue weighted by atomic mass is 10.2. The second kappa shape index (κ2) is 2.69. The molecule has 0 saturated carbocycles. The molecule has 2 heterocycles. The minimum atomic E-state index is 0.0846. The summed E-state index contributed by atoms with van der Waals surface area (Å²) < 4.78 is 1.95. The van der Waals surface area contributed by atoms with E-state index in [-0.39, 0.29) is 5.78 Å². The van der Waals surface area contributed by atoms with Gasteiger partial charge in [-0.1, -0.05) is 0 Å². The molecule has 0 aliphatic heterocycles. The molecule has 0 spiro atoms. The van der Waals surface area contributed by atoms with Crippen molar-refractivity contribution in [2.45, 2.75) is 13.8 Å². The fourth-order valence-corrected chi connectivity index (χ4v) is 1.35. The molecule has 0 bridgehead atoms. The van der Waals surface area contributed by atoms with Crippen LogP contribution in [0.2, 0.25) is 0 Å². The molecular weight excluding hydrogens is 164 g/mol. The monoisotopic (exact) mass is 174 g/mol. The maximum atomic E-state index is 11.1. The summed E-state index contributed by atoms with van der Waals surface area (Å²) in [6, 6.07) is 3.66. The third-order valence-corrected chi connectivity index (χ3v) is 2.12. The maximum Gasteiger partial charge on any atom is 0.159 e. The Labute approximate surface area is 76.0 Å². The molecule has 0 unspecified atom stereocenters. The molecule has 0 amide bonds. The van der Waals surface area contributed by atoms with E-state index in [0.717, 1.165) is 16.9 Å². The number of aromatic nitrogens is 2. The summed E-state index contributed by atoms with van der Waals surface area (Å²) in [6.07, 6.45) is 3.64. The molecule has 0 atom stereocenters. The minimum absolute atomic E-state index is 0.0846. The molecule has 0 aromatic carbocycles. The van der Waals surface area contributed by atoms with Gasteiger partial charge >= 0.3 is 0 Å². The summed E-state index contributed by atoms with van der Waals surface area (Å²) in [7, 11) is 0. The first kappa shape index (κ1) is 7.98. The summed E-state index contributed by atoms with van der Waals surface area (Å²) in [4.78, 5) is 15.2. The third kappa shape index (κ3) is 1.22. The van der Waals surface area contributed by atoms with Crippen LogP contribution < -0.4 is 0 Å². The summed E-state index contributed by atoms with van der Waals surface area (Å²) in [5.41, 5.74) is 1.69. The number of carbonyl (C=O) groups is 1. The van der Waals surface area contributed by atoms with Crippen LogP contribution in [0.4, 0.5) is 0 Å². The molecule has 0 fully saturated rings. The number of imidazole rings is 1. The van der Waals surface area contributed by atoms with E-state index in [1.165, 1.54) is 0 Å². The van der Waals surface area contributed by atoms with E-state index in [1.807, 2.05) is 29.7 Å². The SMILES string of the molecule is CC(=O)c1ccn2c(C)ncc2c1. The molecule has 13 heavy (non-hydrogen) atoms. The van der Waals surface area contributed by atoms with Crippen LogP contribution in [0.3, 0.4) is 0 Å². The second-order valence-electron chi connectivity index (χ2n) is 3.07. The Hall–Kier alpha value is -1.64. The predicted molar refractivity (Wildman–Crippen MR) is 49.9 cm³/mol. The average Bonchev–Trinajstić information content (AvgIpc) is 2.47. The van der Waals surface area contributed by atoms with Crippen LogP contribution in [0, 0.1) is 6.92 Å². The van der Waals surface area contributed by atoms with Crippen LogP contribution in [0.25, 0.3) is 5.52 Å². The molecule has 3 heteroatoms. The Kier molecular flexibility index (Phi) is 1.65. The fourth-order valence-electron chi connectivity index (χ4n) is 1.35. The normalized spacial score (nSPS) is 10.6. The number of ketones is 1. The van der Waals surface area contributed by atoms with Gasteiger partial charge in [0, 0.05) is 11.8 Å². The second-order valence-corrected chi connectivity index (χ2v) is 3.07. The van der Waals surface area contributed by atoms with E-state index in [1.54, 1.807) is 13.1 Å². The molecule has 0 radical (unpaired) electrons. The summed E-state index contributed by atoms with van der Waals surface area (Å²) in [6.45, 7) is 3.50. The van der Waals surface area contributed by atoms with Crippen molar-refractivity contribution in [3.8, 4) is 0 Å². The van der Waals surface area contributed by atoms with Crippen molar-refractivity contribution in [1.82, 2.24) is 9.38 Å². The number of carbonyl (C=O) groups excluding carboxylic acids is 1. The van der Waals surface area contributed by atoms with Gasteiger partial charge in [-0.3, -0.25) is 4.79 Å². The van der Waals surface area contributed by atoms with Gasteiger partial charge in [-0.2, -0.15) is 0 Å². The molecule has 2 aromatic rings. The van der Waals surface area contributed by atoms with Gasteiger partial charge in [0.1, 0.15) is 5.82 Å². The Balaban J connectivity index is 2.70. The highest BCUT2D eigenvalue weighted by Crippen LogP contribution is 2.09. The zero-order valence-electron chi connectivity index (χ0n) is 7.61. The number of nitrogens with zero attached hydrogens (tertiary/aromatic N) is 2. The lowest BCUT2D eigenvalue weighted by Gasteiger charge is -1.98. The Morgan fingerprint density at radius 3 is 3.00 bits per heavy atom. The standard InChI is InChI=1S/C10H10N2O/c1-7(13)9-3-4-12-8(2)11-6-10(12)5-9/h3-6H,1-2H3. The maximum absolute atomic E-state index is 11.1. The molecule has 0 N–H and O–H groups in total. The van der Waals surface area contributed by atoms with Crippen molar-refractivity contribution < 1.29 is 4.79 Å². The summed E-state index contributed by atoms with van der Waals surface area (Å²) in [5.74, 6) is 1.02. The Bertz CT molecular complexity index is 471. The number of Topliss-reactive ketones (excluding diaryl/α,β-unsaturated/α-hetero) is 1. The zero-order valence-corrected chi connectivity index (χ0v) is 7.61. The van der Waals surface area contributed by atoms with Crippen LogP contribution in [0.5, 0.6) is 0 Å². The van der Waals surface area contributed by atoms with E-state index < -0.39 is 0 Å². The molecule has 0 aliphatic rings. The quantitative estimate of drug-likeness (QED) is 0.618. The van der Waals surface area contributed by atoms with E-state index in [9.17, 15) is 4.79 Å². The van der Waals surface area contributed by atoms with Gasteiger partial charge in [-0.15, -0.1) is 0 Å². The summed E-state index contributed by atoms with van der Waals surface area (Å²) >= 11 is 0. The first-order valence-corrected chi connectivity index (χ1v) is 4.13. The van der Waals surface area contributed by atoms with Crippen LogP contribution in [0.15, 0.2) is 24.5 Å². The van der Waals surface area contributed by atoms with Crippen LogP contribution >= 0.6 is 0 Å². The Morgan fingerprint density at radius 2 is 2.31 bits per heavy atom. The highest BCUT2D eigenvalue weighted by molar-refractivity contribution is 5.95. The Morgan fingerprint density at radius 1 is 1.54 bits per heavy atom.